The van der Waals surface area contributed by atoms with Gasteiger partial charge in [-0.15, -0.1) is 0 Å². The Morgan fingerprint density at radius 1 is 1.27 bits per heavy atom. The molecule has 0 aromatic carbocycles. The number of halogens is 3. The van der Waals surface area contributed by atoms with E-state index < -0.39 is 33.7 Å². The lowest BCUT2D eigenvalue weighted by Gasteiger charge is -2.03. The zero-order valence-corrected chi connectivity index (χ0v) is 14.2. The Morgan fingerprint density at radius 2 is 1.81 bits per heavy atom. The summed E-state index contributed by atoms with van der Waals surface area (Å²) in [7, 11) is -3.66. The molecule has 0 atom stereocenters. The van der Waals surface area contributed by atoms with Crippen LogP contribution in [0, 0.1) is 0 Å². The van der Waals surface area contributed by atoms with Crippen molar-refractivity contribution in [1.82, 2.24) is 9.36 Å². The Labute approximate surface area is 148 Å². The number of pyridine rings is 1. The molecule has 142 valence electrons. The first kappa shape index (κ1) is 21.4. The first-order valence-electron chi connectivity index (χ1n) is 6.37. The normalized spacial score (nSPS) is 11.3. The molecule has 14 heteroatoms. The molecule has 1 N–H and O–H groups in total. The fourth-order valence-electron chi connectivity index (χ4n) is 1.45. The van der Waals surface area contributed by atoms with E-state index >= 15 is 0 Å². The monoisotopic (exact) mass is 413 g/mol. The second kappa shape index (κ2) is 8.66. The molecule has 2 rings (SSSR count). The van der Waals surface area contributed by atoms with Gasteiger partial charge in [-0.3, -0.25) is 4.79 Å². The van der Waals surface area contributed by atoms with Gasteiger partial charge in [0.05, 0.1) is 0 Å². The maximum absolute atomic E-state index is 11.5. The van der Waals surface area contributed by atoms with Gasteiger partial charge in [-0.25, -0.2) is 13.4 Å². The van der Waals surface area contributed by atoms with Gasteiger partial charge in [-0.1, -0.05) is 0 Å². The standard InChI is InChI=1S/C10H9N3O4S2.C2HF3O2/c14-9(15)5-19(16,17)7-13-3-1-8(2-4-13)10-11-6-12-18-10;3-2(4,5)1(6)7/h1-4,6H,5,7H2;(H,6,7). The lowest BCUT2D eigenvalue weighted by atomic mass is 10.3. The van der Waals surface area contributed by atoms with Crippen LogP contribution in [-0.4, -0.2) is 46.7 Å². The van der Waals surface area contributed by atoms with Gasteiger partial charge in [-0.2, -0.15) is 22.1 Å². The highest BCUT2D eigenvalue weighted by Gasteiger charge is 2.28. The smallest absolute Gasteiger partial charge is 0.430 e. The molecule has 9 nitrogen and oxygen atoms in total. The third-order valence-corrected chi connectivity index (χ3v) is 4.51. The average Bonchev–Trinajstić information content (AvgIpc) is 3.00. The SMILES string of the molecule is O=C(O)CS(=O)(=O)C[n+]1ccc(-c2ncns2)cc1.O=C([O-])C(F)(F)F. The second-order valence-electron chi connectivity index (χ2n) is 4.54. The number of sulfone groups is 1. The van der Waals surface area contributed by atoms with E-state index in [1.165, 1.54) is 22.4 Å². The van der Waals surface area contributed by atoms with E-state index in [-0.39, 0.29) is 5.88 Å². The van der Waals surface area contributed by atoms with Crippen LogP contribution < -0.4 is 9.67 Å². The summed E-state index contributed by atoms with van der Waals surface area (Å²) in [6.07, 6.45) is -0.620. The number of carboxylic acid groups (broad SMARTS) is 2. The maximum Gasteiger partial charge on any atom is 0.430 e. The van der Waals surface area contributed by atoms with Crippen LogP contribution in [0.2, 0.25) is 0 Å². The van der Waals surface area contributed by atoms with Crippen LogP contribution in [0.3, 0.4) is 0 Å². The minimum atomic E-state index is -5.19. The Morgan fingerprint density at radius 3 is 2.19 bits per heavy atom. The molecular formula is C12H10F3N3O6S2. The minimum absolute atomic E-state index is 0.365. The summed E-state index contributed by atoms with van der Waals surface area (Å²) in [4.78, 5) is 23.2. The van der Waals surface area contributed by atoms with Crippen molar-refractivity contribution >= 4 is 33.3 Å². The zero-order valence-electron chi connectivity index (χ0n) is 12.6. The number of carbonyl (C=O) groups is 2. The van der Waals surface area contributed by atoms with Crippen LogP contribution in [0.25, 0.3) is 10.6 Å². The lowest BCUT2D eigenvalue weighted by Crippen LogP contribution is -2.39. The predicted molar refractivity (Wildman–Crippen MR) is 78.0 cm³/mol. The van der Waals surface area contributed by atoms with Crippen molar-refractivity contribution < 1.29 is 46.0 Å². The van der Waals surface area contributed by atoms with E-state index in [4.69, 9.17) is 15.0 Å². The number of nitrogens with zero attached hydrogens (tertiary/aromatic N) is 3. The van der Waals surface area contributed by atoms with E-state index in [2.05, 4.69) is 9.36 Å². The Kier molecular flexibility index (Phi) is 7.14. The topological polar surface area (TPSA) is 141 Å². The van der Waals surface area contributed by atoms with Crippen molar-refractivity contribution in [2.24, 2.45) is 0 Å². The summed E-state index contributed by atoms with van der Waals surface area (Å²) >= 11 is 1.24. The molecule has 0 fully saturated rings. The molecule has 0 aliphatic heterocycles. The molecular weight excluding hydrogens is 403 g/mol. The van der Waals surface area contributed by atoms with Crippen LogP contribution in [0.4, 0.5) is 13.2 Å². The lowest BCUT2D eigenvalue weighted by molar-refractivity contribution is -0.677. The molecule has 26 heavy (non-hydrogen) atoms. The molecule has 0 spiro atoms. The van der Waals surface area contributed by atoms with Crippen LogP contribution in [-0.2, 0) is 25.3 Å². The molecule has 2 aromatic rings. The number of carboxylic acids is 2. The highest BCUT2D eigenvalue weighted by molar-refractivity contribution is 7.90. The Bertz CT molecular complexity index is 851. The van der Waals surface area contributed by atoms with E-state index in [1.807, 2.05) is 0 Å². The van der Waals surface area contributed by atoms with Gasteiger partial charge in [0.15, 0.2) is 18.1 Å². The molecule has 0 aliphatic rings. The van der Waals surface area contributed by atoms with Crippen LogP contribution >= 0.6 is 11.5 Å². The van der Waals surface area contributed by atoms with Gasteiger partial charge >= 0.3 is 12.1 Å². The maximum atomic E-state index is 11.5. The number of aromatic nitrogens is 3. The molecule has 0 saturated heterocycles. The van der Waals surface area contributed by atoms with Crippen molar-refractivity contribution in [2.75, 3.05) is 5.75 Å². The molecule has 0 unspecified atom stereocenters. The third-order valence-electron chi connectivity index (χ3n) is 2.42. The van der Waals surface area contributed by atoms with Gasteiger partial charge < -0.3 is 15.0 Å². The van der Waals surface area contributed by atoms with Gasteiger partial charge in [0.1, 0.15) is 17.3 Å². The first-order chi connectivity index (χ1) is 11.9. The van der Waals surface area contributed by atoms with Crippen molar-refractivity contribution in [1.29, 1.82) is 0 Å². The summed E-state index contributed by atoms with van der Waals surface area (Å²) in [5.41, 5.74) is 0.828. The quantitative estimate of drug-likeness (QED) is 0.631. The van der Waals surface area contributed by atoms with E-state index in [0.717, 1.165) is 10.6 Å². The second-order valence-corrected chi connectivity index (χ2v) is 7.36. The first-order valence-corrected chi connectivity index (χ1v) is 8.97. The van der Waals surface area contributed by atoms with Crippen LogP contribution in [0.1, 0.15) is 0 Å². The van der Waals surface area contributed by atoms with Gasteiger partial charge in [-0.05, 0) is 11.5 Å². The molecule has 2 heterocycles. The van der Waals surface area contributed by atoms with Crippen molar-refractivity contribution in [3.63, 3.8) is 0 Å². The minimum Gasteiger partial charge on any atom is -0.542 e. The number of carbonyl (C=O) groups excluding carboxylic acids is 1. The zero-order chi connectivity index (χ0) is 20.0. The molecule has 0 bridgehead atoms. The summed E-state index contributed by atoms with van der Waals surface area (Å²) in [5, 5.41) is 18.0. The number of alkyl halides is 3. The summed E-state index contributed by atoms with van der Waals surface area (Å²) in [6.45, 7) is 0. The molecule has 0 aliphatic carbocycles. The van der Waals surface area contributed by atoms with Crippen LogP contribution in [0.5, 0.6) is 0 Å². The summed E-state index contributed by atoms with van der Waals surface area (Å²) in [5.74, 6) is -5.60. The summed E-state index contributed by atoms with van der Waals surface area (Å²) in [6, 6.07) is 3.41. The average molecular weight is 413 g/mol. The molecule has 0 saturated carbocycles. The molecule has 2 aromatic heterocycles. The third kappa shape index (κ3) is 7.52. The fraction of sp³-hybridized carbons (Fsp3) is 0.250. The fourth-order valence-corrected chi connectivity index (χ4v) is 3.07. The van der Waals surface area contributed by atoms with Gasteiger partial charge in [0.25, 0.3) is 0 Å². The van der Waals surface area contributed by atoms with Crippen molar-refractivity contribution in [2.45, 2.75) is 12.1 Å². The van der Waals surface area contributed by atoms with Crippen molar-refractivity contribution in [3.8, 4) is 10.6 Å². The Balaban J connectivity index is 0.000000412. The van der Waals surface area contributed by atoms with Crippen LogP contribution in [0.15, 0.2) is 30.9 Å². The van der Waals surface area contributed by atoms with Gasteiger partial charge in [0.2, 0.25) is 15.7 Å². The largest absolute Gasteiger partial charge is 0.542 e. The Hall–Kier alpha value is -2.61. The molecule has 0 radical (unpaired) electrons. The number of hydrogen-bond acceptors (Lipinski definition) is 8. The number of hydrogen-bond donors (Lipinski definition) is 1. The summed E-state index contributed by atoms with van der Waals surface area (Å²) < 4.78 is 59.8. The number of rotatable bonds is 5. The van der Waals surface area contributed by atoms with Crippen molar-refractivity contribution in [3.05, 3.63) is 30.9 Å². The highest BCUT2D eigenvalue weighted by Crippen LogP contribution is 2.17. The number of aliphatic carboxylic acids is 2. The van der Waals surface area contributed by atoms with E-state index in [0.29, 0.717) is 0 Å². The highest BCUT2D eigenvalue weighted by atomic mass is 32.2. The van der Waals surface area contributed by atoms with E-state index in [9.17, 15) is 26.4 Å². The van der Waals surface area contributed by atoms with E-state index in [1.54, 1.807) is 24.5 Å². The predicted octanol–water partition coefficient (Wildman–Crippen LogP) is -0.752. The molecule has 0 amide bonds. The van der Waals surface area contributed by atoms with Gasteiger partial charge in [0, 0.05) is 17.7 Å².